The Balaban J connectivity index is 1.29. The zero-order valence-corrected chi connectivity index (χ0v) is 23.0. The predicted octanol–water partition coefficient (Wildman–Crippen LogP) is 4.76. The van der Waals surface area contributed by atoms with Gasteiger partial charge < -0.3 is 20.9 Å². The average Bonchev–Trinajstić information content (AvgIpc) is 3.11. The fraction of sp³-hybridized carbons (Fsp3) is 0.167. The Morgan fingerprint density at radius 1 is 1.15 bits per heavy atom. The average molecular weight is 575 g/mol. The maximum Gasteiger partial charge on any atom is 0.253 e. The van der Waals surface area contributed by atoms with Crippen LogP contribution in [0.3, 0.4) is 0 Å². The summed E-state index contributed by atoms with van der Waals surface area (Å²) in [6, 6.07) is 15.6. The molecule has 0 saturated carbocycles. The van der Waals surface area contributed by atoms with Crippen LogP contribution in [-0.4, -0.2) is 46.5 Å². The number of amides is 1. The van der Waals surface area contributed by atoms with E-state index in [1.54, 1.807) is 48.8 Å². The lowest BCUT2D eigenvalue weighted by molar-refractivity contribution is 0.0709. The number of carbonyl (C=O) groups excluding carboxylic acids is 1. The van der Waals surface area contributed by atoms with Crippen molar-refractivity contribution < 1.29 is 9.18 Å². The van der Waals surface area contributed by atoms with Crippen molar-refractivity contribution in [1.29, 1.82) is 0 Å². The number of halogens is 3. The molecule has 2 aliphatic rings. The quantitative estimate of drug-likeness (QED) is 0.326. The first-order valence-electron chi connectivity index (χ1n) is 12.8. The second-order valence-corrected chi connectivity index (χ2v) is 10.6. The van der Waals surface area contributed by atoms with E-state index in [2.05, 4.69) is 32.8 Å². The number of rotatable bonds is 4. The summed E-state index contributed by atoms with van der Waals surface area (Å²) in [5.74, 6) is -0.0326. The van der Waals surface area contributed by atoms with Gasteiger partial charge in [-0.05, 0) is 72.3 Å². The van der Waals surface area contributed by atoms with E-state index in [4.69, 9.17) is 23.2 Å². The number of fused-ring (bicyclic) bond motifs is 2. The standard InChI is InChI=1S/C30H25Cl2FN6O/c1-17-16-39(10-9-34-17)29(40)18-5-7-21(8-6-18)37-30-36-15-27-26(38-30)12-19-11-20(31)13-22(23(19)14-35-27)28-24(32)3-2-4-25(28)33/h2-8,11-15,17,34-35H,9-10,16H2,1H3,(H,36,37,38). The van der Waals surface area contributed by atoms with Gasteiger partial charge in [-0.25, -0.2) is 14.4 Å². The number of nitrogens with zero attached hydrogens (tertiary/aromatic N) is 3. The van der Waals surface area contributed by atoms with Gasteiger partial charge in [0.2, 0.25) is 5.95 Å². The van der Waals surface area contributed by atoms with Crippen molar-refractivity contribution in [3.63, 3.8) is 0 Å². The van der Waals surface area contributed by atoms with Crippen molar-refractivity contribution in [2.24, 2.45) is 0 Å². The highest BCUT2D eigenvalue weighted by atomic mass is 35.5. The Kier molecular flexibility index (Phi) is 7.14. The topological polar surface area (TPSA) is 82.2 Å². The van der Waals surface area contributed by atoms with Crippen molar-refractivity contribution in [3.8, 4) is 11.1 Å². The molecule has 1 aromatic heterocycles. The largest absolute Gasteiger partial charge is 0.358 e. The first-order valence-corrected chi connectivity index (χ1v) is 13.6. The third-order valence-corrected chi connectivity index (χ3v) is 7.47. The summed E-state index contributed by atoms with van der Waals surface area (Å²) in [6.07, 6.45) is 5.32. The van der Waals surface area contributed by atoms with E-state index in [0.717, 1.165) is 22.7 Å². The van der Waals surface area contributed by atoms with Gasteiger partial charge in [0.05, 0.1) is 22.6 Å². The molecule has 1 saturated heterocycles. The highest BCUT2D eigenvalue weighted by molar-refractivity contribution is 6.34. The lowest BCUT2D eigenvalue weighted by Crippen LogP contribution is -2.51. The van der Waals surface area contributed by atoms with Gasteiger partial charge in [0.25, 0.3) is 5.91 Å². The fourth-order valence-corrected chi connectivity index (χ4v) is 5.47. The lowest BCUT2D eigenvalue weighted by atomic mass is 10.0. The number of benzene rings is 3. The maximum atomic E-state index is 14.8. The number of nitrogens with one attached hydrogen (secondary N) is 3. The molecule has 1 unspecified atom stereocenters. The van der Waals surface area contributed by atoms with E-state index in [1.165, 1.54) is 6.07 Å². The lowest BCUT2D eigenvalue weighted by Gasteiger charge is -2.32. The van der Waals surface area contributed by atoms with E-state index >= 15 is 0 Å². The highest BCUT2D eigenvalue weighted by Crippen LogP contribution is 2.30. The van der Waals surface area contributed by atoms with Gasteiger partial charge in [-0.1, -0.05) is 29.3 Å². The van der Waals surface area contributed by atoms with Crippen LogP contribution in [0.1, 0.15) is 23.0 Å². The molecule has 6 rings (SSSR count). The van der Waals surface area contributed by atoms with Gasteiger partial charge in [-0.2, -0.15) is 0 Å². The number of hydrogen-bond donors (Lipinski definition) is 3. The summed E-state index contributed by atoms with van der Waals surface area (Å²) in [6.45, 7) is 4.24. The number of carbonyl (C=O) groups is 1. The molecule has 202 valence electrons. The molecule has 1 atom stereocenters. The minimum Gasteiger partial charge on any atom is -0.358 e. The molecule has 0 bridgehead atoms. The van der Waals surface area contributed by atoms with Gasteiger partial charge in [-0.3, -0.25) is 4.79 Å². The first-order chi connectivity index (χ1) is 19.4. The highest BCUT2D eigenvalue weighted by Gasteiger charge is 2.21. The minimum atomic E-state index is -0.436. The van der Waals surface area contributed by atoms with E-state index in [1.807, 2.05) is 23.1 Å². The van der Waals surface area contributed by atoms with Crippen LogP contribution in [0.4, 0.5) is 21.7 Å². The molecule has 0 aliphatic carbocycles. The number of piperazine rings is 1. The van der Waals surface area contributed by atoms with Crippen molar-refractivity contribution in [2.75, 3.05) is 30.3 Å². The monoisotopic (exact) mass is 574 g/mol. The number of hydrogen-bond acceptors (Lipinski definition) is 6. The predicted molar refractivity (Wildman–Crippen MR) is 158 cm³/mol. The molecule has 0 spiro atoms. The molecule has 1 fully saturated rings. The Hall–Kier alpha value is -3.98. The van der Waals surface area contributed by atoms with Gasteiger partial charge >= 0.3 is 0 Å². The van der Waals surface area contributed by atoms with Crippen molar-refractivity contribution in [2.45, 2.75) is 13.0 Å². The molecule has 4 aromatic rings. The summed E-state index contributed by atoms with van der Waals surface area (Å²) in [7, 11) is 0. The van der Waals surface area contributed by atoms with E-state index in [-0.39, 0.29) is 17.5 Å². The first kappa shape index (κ1) is 26.3. The summed E-state index contributed by atoms with van der Waals surface area (Å²) >= 11 is 12.8. The molecule has 3 aromatic carbocycles. The Morgan fingerprint density at radius 2 is 1.98 bits per heavy atom. The zero-order valence-electron chi connectivity index (χ0n) is 21.5. The van der Waals surface area contributed by atoms with Gasteiger partial charge in [0.15, 0.2) is 0 Å². The van der Waals surface area contributed by atoms with Gasteiger partial charge in [-0.15, -0.1) is 0 Å². The van der Waals surface area contributed by atoms with Crippen molar-refractivity contribution >= 4 is 58.7 Å². The molecule has 0 radical (unpaired) electrons. The smallest absolute Gasteiger partial charge is 0.253 e. The molecule has 3 N–H and O–H groups in total. The Bertz CT molecular complexity index is 1720. The van der Waals surface area contributed by atoms with Crippen molar-refractivity contribution in [1.82, 2.24) is 20.2 Å². The maximum absolute atomic E-state index is 14.8. The summed E-state index contributed by atoms with van der Waals surface area (Å²) in [5, 5.41) is 12.0. The molecule has 1 amide bonds. The molecule has 3 heterocycles. The van der Waals surface area contributed by atoms with Gasteiger partial charge in [0.1, 0.15) is 5.82 Å². The molecule has 10 heteroatoms. The minimum absolute atomic E-state index is 0.0199. The third kappa shape index (κ3) is 5.25. The van der Waals surface area contributed by atoms with Crippen LogP contribution < -0.4 is 26.4 Å². The molecule has 2 aliphatic heterocycles. The third-order valence-electron chi connectivity index (χ3n) is 6.94. The molecule has 40 heavy (non-hydrogen) atoms. The summed E-state index contributed by atoms with van der Waals surface area (Å²) in [4.78, 5) is 23.9. The fourth-order valence-electron chi connectivity index (χ4n) is 4.98. The van der Waals surface area contributed by atoms with Crippen LogP contribution in [0.5, 0.6) is 0 Å². The van der Waals surface area contributed by atoms with Crippen LogP contribution in [-0.2, 0) is 0 Å². The number of aromatic nitrogens is 2. The Labute approximate surface area is 240 Å². The molecule has 7 nitrogen and oxygen atoms in total. The Morgan fingerprint density at radius 3 is 2.75 bits per heavy atom. The zero-order chi connectivity index (χ0) is 27.8. The summed E-state index contributed by atoms with van der Waals surface area (Å²) < 4.78 is 14.8. The summed E-state index contributed by atoms with van der Waals surface area (Å²) in [5.41, 5.74) is 3.53. The second kappa shape index (κ2) is 10.9. The molecular formula is C30H25Cl2FN6O. The SMILES string of the molecule is CC1CN(C(=O)c2ccc(Nc3ncc4c(n3)C=c3cc(Cl)cc(-c5c(F)cccc5Cl)c3=CN4)cc2)CCN1. The van der Waals surface area contributed by atoms with E-state index in [0.29, 0.717) is 51.6 Å². The second-order valence-electron chi connectivity index (χ2n) is 9.79. The van der Waals surface area contributed by atoms with Crippen LogP contribution in [0.25, 0.3) is 23.4 Å². The van der Waals surface area contributed by atoms with Crippen LogP contribution >= 0.6 is 23.2 Å². The number of anilines is 3. The molecular weight excluding hydrogens is 550 g/mol. The van der Waals surface area contributed by atoms with E-state index < -0.39 is 5.82 Å². The van der Waals surface area contributed by atoms with Crippen molar-refractivity contribution in [3.05, 3.63) is 98.4 Å². The van der Waals surface area contributed by atoms with Crippen LogP contribution in [0, 0.1) is 5.82 Å². The van der Waals surface area contributed by atoms with Crippen LogP contribution in [0.2, 0.25) is 10.0 Å². The normalized spacial score (nSPS) is 16.0. The van der Waals surface area contributed by atoms with Crippen LogP contribution in [0.15, 0.2) is 60.8 Å². The van der Waals surface area contributed by atoms with Gasteiger partial charge in [0, 0.05) is 58.9 Å². The van der Waals surface area contributed by atoms with E-state index in [9.17, 15) is 9.18 Å².